The number of ketones is 2. The van der Waals surface area contributed by atoms with Crippen molar-refractivity contribution in [3.63, 3.8) is 0 Å². The lowest BCUT2D eigenvalue weighted by Crippen LogP contribution is -2.22. The molecular weight excluding hydrogens is 540 g/mol. The molecule has 2 heterocycles. The topological polar surface area (TPSA) is 92.3 Å². The van der Waals surface area contributed by atoms with E-state index in [9.17, 15) is 19.2 Å². The summed E-state index contributed by atoms with van der Waals surface area (Å²) < 4.78 is 0. The van der Waals surface area contributed by atoms with Crippen LogP contribution in [0.4, 0.5) is 0 Å². The van der Waals surface area contributed by atoms with Gasteiger partial charge in [0.05, 0.1) is 11.1 Å². The number of rotatable bonds is 8. The zero-order chi connectivity index (χ0) is 28.6. The molecule has 0 spiro atoms. The number of hydrogen-bond donors (Lipinski definition) is 2. The highest BCUT2D eigenvalue weighted by Gasteiger charge is 2.34. The van der Waals surface area contributed by atoms with Gasteiger partial charge >= 0.3 is 0 Å². The van der Waals surface area contributed by atoms with Crippen LogP contribution in [0, 0.1) is 17.8 Å². The van der Waals surface area contributed by atoms with Crippen LogP contribution in [0.5, 0.6) is 0 Å². The summed E-state index contributed by atoms with van der Waals surface area (Å²) in [6.07, 6.45) is 11.6. The zero-order valence-corrected chi connectivity index (χ0v) is 25.9. The molecule has 4 aliphatic rings. The molecule has 2 fully saturated rings. The van der Waals surface area contributed by atoms with Gasteiger partial charge in [0.25, 0.3) is 11.8 Å². The minimum Gasteiger partial charge on any atom is -0.355 e. The summed E-state index contributed by atoms with van der Waals surface area (Å²) >= 11 is 3.41. The molecule has 0 bridgehead atoms. The predicted molar refractivity (Wildman–Crippen MR) is 161 cm³/mol. The maximum atomic E-state index is 12.2. The molecule has 40 heavy (non-hydrogen) atoms. The summed E-state index contributed by atoms with van der Waals surface area (Å²) in [5.41, 5.74) is 4.06. The van der Waals surface area contributed by atoms with Crippen LogP contribution in [0.2, 0.25) is 0 Å². The SMILES string of the molecule is CNC(=O)c1c(CC(=O)C2CC2)sc2c1CC(C)CC2.CNC(=O)c1c(CC(=O)C2CC2)sc2c1CCCC2C. The summed E-state index contributed by atoms with van der Waals surface area (Å²) in [4.78, 5) is 53.3. The average molecular weight is 583 g/mol. The van der Waals surface area contributed by atoms with E-state index >= 15 is 0 Å². The van der Waals surface area contributed by atoms with E-state index in [4.69, 9.17) is 0 Å². The van der Waals surface area contributed by atoms with E-state index in [1.54, 1.807) is 36.8 Å². The maximum Gasteiger partial charge on any atom is 0.252 e. The van der Waals surface area contributed by atoms with Crippen LogP contribution in [0.1, 0.15) is 116 Å². The molecule has 2 unspecified atom stereocenters. The molecule has 2 aromatic rings. The van der Waals surface area contributed by atoms with Crippen LogP contribution in [0.15, 0.2) is 0 Å². The van der Waals surface area contributed by atoms with E-state index in [2.05, 4.69) is 24.5 Å². The molecule has 2 atom stereocenters. The Morgan fingerprint density at radius 2 is 1.27 bits per heavy atom. The highest BCUT2D eigenvalue weighted by molar-refractivity contribution is 7.13. The maximum absolute atomic E-state index is 12.2. The Morgan fingerprint density at radius 1 is 0.725 bits per heavy atom. The fourth-order valence-corrected chi connectivity index (χ4v) is 8.96. The third-order valence-electron chi connectivity index (χ3n) is 8.85. The van der Waals surface area contributed by atoms with Gasteiger partial charge in [0, 0.05) is 58.3 Å². The lowest BCUT2D eigenvalue weighted by Gasteiger charge is -2.19. The number of Topliss-reactive ketones (excluding diaryl/α,β-unsaturated/α-hetero) is 2. The van der Waals surface area contributed by atoms with Crippen molar-refractivity contribution in [2.24, 2.45) is 17.8 Å². The largest absolute Gasteiger partial charge is 0.355 e. The Bertz CT molecular complexity index is 1310. The first-order valence-corrected chi connectivity index (χ1v) is 16.6. The third kappa shape index (κ3) is 6.28. The quantitative estimate of drug-likeness (QED) is 0.410. The Morgan fingerprint density at radius 3 is 1.82 bits per heavy atom. The van der Waals surface area contributed by atoms with Gasteiger partial charge in [-0.2, -0.15) is 0 Å². The first-order chi connectivity index (χ1) is 19.2. The van der Waals surface area contributed by atoms with E-state index in [-0.39, 0.29) is 23.7 Å². The average Bonchev–Trinajstić information content (AvgIpc) is 3.87. The van der Waals surface area contributed by atoms with E-state index in [1.807, 2.05) is 0 Å². The highest BCUT2D eigenvalue weighted by Crippen LogP contribution is 2.42. The number of thiophene rings is 2. The summed E-state index contributed by atoms with van der Waals surface area (Å²) in [5.74, 6) is 2.30. The van der Waals surface area contributed by atoms with Gasteiger partial charge in [0.2, 0.25) is 0 Å². The van der Waals surface area contributed by atoms with Gasteiger partial charge in [-0.05, 0) is 87.2 Å². The monoisotopic (exact) mass is 582 g/mol. The van der Waals surface area contributed by atoms with Crippen molar-refractivity contribution in [3.05, 3.63) is 41.8 Å². The van der Waals surface area contributed by atoms with Crippen molar-refractivity contribution in [2.45, 2.75) is 96.8 Å². The third-order valence-corrected chi connectivity index (χ3v) is 11.6. The van der Waals surface area contributed by atoms with Gasteiger partial charge in [-0.1, -0.05) is 13.8 Å². The van der Waals surface area contributed by atoms with Crippen LogP contribution < -0.4 is 10.6 Å². The van der Waals surface area contributed by atoms with Gasteiger partial charge in [-0.15, -0.1) is 22.7 Å². The first-order valence-electron chi connectivity index (χ1n) is 15.0. The van der Waals surface area contributed by atoms with Crippen LogP contribution in [-0.2, 0) is 41.7 Å². The first kappa shape index (κ1) is 29.2. The molecule has 8 heteroatoms. The molecule has 2 N–H and O–H groups in total. The van der Waals surface area contributed by atoms with Crippen molar-refractivity contribution >= 4 is 46.1 Å². The van der Waals surface area contributed by atoms with Crippen LogP contribution in [-0.4, -0.2) is 37.5 Å². The van der Waals surface area contributed by atoms with Crippen molar-refractivity contribution in [1.82, 2.24) is 10.6 Å². The van der Waals surface area contributed by atoms with Crippen LogP contribution in [0.3, 0.4) is 0 Å². The number of hydrogen-bond acceptors (Lipinski definition) is 6. The molecule has 6 rings (SSSR count). The van der Waals surface area contributed by atoms with Gasteiger partial charge in [0.15, 0.2) is 0 Å². The van der Waals surface area contributed by atoms with Crippen molar-refractivity contribution in [1.29, 1.82) is 0 Å². The molecule has 0 aromatic carbocycles. The Kier molecular flexibility index (Phi) is 8.95. The Balaban J connectivity index is 0.000000161. The van der Waals surface area contributed by atoms with Crippen LogP contribution in [0.25, 0.3) is 0 Å². The Labute approximate surface area is 245 Å². The molecule has 2 saturated carbocycles. The number of aryl methyl sites for hydroxylation is 1. The number of nitrogens with one attached hydrogen (secondary N) is 2. The van der Waals surface area contributed by atoms with Gasteiger partial charge in [-0.3, -0.25) is 19.2 Å². The fraction of sp³-hybridized carbons (Fsp3) is 0.625. The lowest BCUT2D eigenvalue weighted by atomic mass is 9.87. The van der Waals surface area contributed by atoms with E-state index < -0.39 is 0 Å². The molecular formula is C32H42N2O4S2. The number of carbonyl (C=O) groups is 4. The fourth-order valence-electron chi connectivity index (χ4n) is 6.16. The van der Waals surface area contributed by atoms with Gasteiger partial charge in [-0.25, -0.2) is 0 Å². The molecule has 2 aromatic heterocycles. The summed E-state index contributed by atoms with van der Waals surface area (Å²) in [5, 5.41) is 5.49. The second-order valence-corrected chi connectivity index (χ2v) is 14.5. The zero-order valence-electron chi connectivity index (χ0n) is 24.2. The normalized spacial score (nSPS) is 21.4. The van der Waals surface area contributed by atoms with Gasteiger partial charge in [0.1, 0.15) is 11.6 Å². The second kappa shape index (κ2) is 12.3. The molecule has 6 nitrogen and oxygen atoms in total. The number of amides is 2. The molecule has 0 aliphatic heterocycles. The molecule has 2 amide bonds. The Hall–Kier alpha value is -2.32. The number of fused-ring (bicyclic) bond motifs is 2. The second-order valence-electron chi connectivity index (χ2n) is 12.2. The lowest BCUT2D eigenvalue weighted by molar-refractivity contribution is -0.120. The number of carbonyl (C=O) groups excluding carboxylic acids is 4. The molecule has 216 valence electrons. The summed E-state index contributed by atoms with van der Waals surface area (Å²) in [7, 11) is 3.34. The van der Waals surface area contributed by atoms with E-state index in [0.717, 1.165) is 72.2 Å². The summed E-state index contributed by atoms with van der Waals surface area (Å²) in [6.45, 7) is 4.47. The van der Waals surface area contributed by atoms with E-state index in [1.165, 1.54) is 33.7 Å². The molecule has 4 aliphatic carbocycles. The van der Waals surface area contributed by atoms with E-state index in [0.29, 0.717) is 36.2 Å². The molecule has 0 radical (unpaired) electrons. The van der Waals surface area contributed by atoms with Crippen LogP contribution >= 0.6 is 22.7 Å². The predicted octanol–water partition coefficient (Wildman–Crippen LogP) is 5.82. The van der Waals surface area contributed by atoms with Gasteiger partial charge < -0.3 is 10.6 Å². The molecule has 0 saturated heterocycles. The highest BCUT2D eigenvalue weighted by atomic mass is 32.1. The van der Waals surface area contributed by atoms with Crippen molar-refractivity contribution in [3.8, 4) is 0 Å². The standard InChI is InChI=1S/2C16H21NO2S/c1-9-3-6-13-11(7-9)15(16(19)17-2)14(20-13)8-12(18)10-4-5-10;1-9-4-3-5-11-14(16(19)17-2)13(20-15(9)11)8-12(18)10-6-7-10/h2*9-10H,3-8H2,1-2H3,(H,17,19). The minimum atomic E-state index is -0.0183. The minimum absolute atomic E-state index is 0.0183. The van der Waals surface area contributed by atoms with Crippen molar-refractivity contribution in [2.75, 3.05) is 14.1 Å². The smallest absolute Gasteiger partial charge is 0.252 e. The van der Waals surface area contributed by atoms with Crippen molar-refractivity contribution < 1.29 is 19.2 Å². The summed E-state index contributed by atoms with van der Waals surface area (Å²) in [6, 6.07) is 0.